The molecule has 0 aromatic heterocycles. The Hall–Kier alpha value is -2.84. The van der Waals surface area contributed by atoms with Crippen LogP contribution in [-0.2, 0) is 19.3 Å². The number of hydrogen-bond donors (Lipinski definition) is 0. The number of nitrogens with zero attached hydrogens (tertiary/aromatic N) is 2. The Morgan fingerprint density at radius 2 is 1.32 bits per heavy atom. The Bertz CT molecular complexity index is 752. The fourth-order valence-corrected chi connectivity index (χ4v) is 2.89. The molecule has 0 saturated heterocycles. The van der Waals surface area contributed by atoms with E-state index in [-0.39, 0.29) is 11.5 Å². The van der Waals surface area contributed by atoms with E-state index in [2.05, 4.69) is 48.5 Å². The molecule has 0 spiro atoms. The second kappa shape index (κ2) is 6.29. The molecule has 0 amide bonds. The van der Waals surface area contributed by atoms with Crippen molar-refractivity contribution in [3.63, 3.8) is 0 Å². The first kappa shape index (κ1) is 14.1. The summed E-state index contributed by atoms with van der Waals surface area (Å²) < 4.78 is 0. The van der Waals surface area contributed by atoms with Crippen molar-refractivity contribution in [2.75, 3.05) is 0 Å². The average Bonchev–Trinajstić information content (AvgIpc) is 2.56. The van der Waals surface area contributed by atoms with E-state index in [9.17, 15) is 0 Å². The molecule has 1 atom stereocenters. The summed E-state index contributed by atoms with van der Waals surface area (Å²) in [7, 11) is 0. The summed E-state index contributed by atoms with van der Waals surface area (Å²) in [5.74, 6) is 0.0497. The highest BCUT2D eigenvalue weighted by Crippen LogP contribution is 2.26. The molecule has 2 heteroatoms. The van der Waals surface area contributed by atoms with Crippen molar-refractivity contribution in [1.82, 2.24) is 0 Å². The van der Waals surface area contributed by atoms with Gasteiger partial charge in [0.25, 0.3) is 0 Å². The molecule has 0 heterocycles. The average molecular weight is 284 g/mol. The molecule has 2 aromatic rings. The third kappa shape index (κ3) is 3.08. The van der Waals surface area contributed by atoms with Crippen molar-refractivity contribution >= 4 is 0 Å². The predicted molar refractivity (Wildman–Crippen MR) is 86.0 cm³/mol. The Morgan fingerprint density at radius 1 is 0.818 bits per heavy atom. The number of benzene rings is 2. The van der Waals surface area contributed by atoms with E-state index in [1.54, 1.807) is 6.08 Å². The van der Waals surface area contributed by atoms with E-state index >= 15 is 0 Å². The number of aryl methyl sites for hydroxylation is 2. The van der Waals surface area contributed by atoms with Gasteiger partial charge in [-0.05, 0) is 47.6 Å². The molecular formula is C20H16N2. The summed E-state index contributed by atoms with van der Waals surface area (Å²) in [4.78, 5) is 0. The summed E-state index contributed by atoms with van der Waals surface area (Å²) in [6.07, 6.45) is 4.67. The number of allylic oxidation sites excluding steroid dienone is 2. The van der Waals surface area contributed by atoms with E-state index in [4.69, 9.17) is 10.5 Å². The van der Waals surface area contributed by atoms with Gasteiger partial charge in [-0.1, -0.05) is 48.5 Å². The van der Waals surface area contributed by atoms with Gasteiger partial charge in [0.2, 0.25) is 0 Å². The number of hydrogen-bond acceptors (Lipinski definition) is 2. The largest absolute Gasteiger partial charge is 0.192 e. The lowest BCUT2D eigenvalue weighted by Gasteiger charge is -2.16. The van der Waals surface area contributed by atoms with Gasteiger partial charge in [0.15, 0.2) is 0 Å². The van der Waals surface area contributed by atoms with Gasteiger partial charge in [-0.3, -0.25) is 0 Å². The van der Waals surface area contributed by atoms with E-state index in [1.165, 1.54) is 16.7 Å². The van der Waals surface area contributed by atoms with E-state index in [0.717, 1.165) is 24.8 Å². The Labute approximate surface area is 130 Å². The third-order valence-corrected chi connectivity index (χ3v) is 4.20. The monoisotopic (exact) mass is 284 g/mol. The lowest BCUT2D eigenvalue weighted by Crippen LogP contribution is -2.03. The Morgan fingerprint density at radius 3 is 1.86 bits per heavy atom. The van der Waals surface area contributed by atoms with Crippen LogP contribution in [0.25, 0.3) is 0 Å². The molecule has 4 aliphatic rings. The van der Waals surface area contributed by atoms with Gasteiger partial charge in [0, 0.05) is 5.92 Å². The molecule has 0 radical (unpaired) electrons. The predicted octanol–water partition coefficient (Wildman–Crippen LogP) is 4.09. The molecule has 4 bridgehead atoms. The fourth-order valence-electron chi connectivity index (χ4n) is 2.89. The molecule has 0 N–H and O–H groups in total. The zero-order chi connectivity index (χ0) is 15.4. The molecule has 0 saturated carbocycles. The van der Waals surface area contributed by atoms with Gasteiger partial charge >= 0.3 is 0 Å². The van der Waals surface area contributed by atoms with Crippen molar-refractivity contribution in [2.45, 2.75) is 25.2 Å². The zero-order valence-electron chi connectivity index (χ0n) is 12.3. The molecule has 6 rings (SSSR count). The maximum Gasteiger partial charge on any atom is 0.126 e. The van der Waals surface area contributed by atoms with E-state index in [0.29, 0.717) is 0 Å². The van der Waals surface area contributed by atoms with Crippen molar-refractivity contribution < 1.29 is 0 Å². The molecule has 22 heavy (non-hydrogen) atoms. The first-order valence-corrected chi connectivity index (χ1v) is 7.47. The SMILES string of the molecule is N#CC(C#N)=CC1Cc2ccc(cc2)CCc2ccc1cc2. The Kier molecular flexibility index (Phi) is 4.03. The maximum absolute atomic E-state index is 9.04. The van der Waals surface area contributed by atoms with Crippen LogP contribution in [0.5, 0.6) is 0 Å². The van der Waals surface area contributed by atoms with E-state index < -0.39 is 0 Å². The highest BCUT2D eigenvalue weighted by molar-refractivity contribution is 5.41. The van der Waals surface area contributed by atoms with Crippen molar-refractivity contribution in [2.24, 2.45) is 0 Å². The van der Waals surface area contributed by atoms with Crippen LogP contribution >= 0.6 is 0 Å². The molecule has 1 unspecified atom stereocenters. The third-order valence-electron chi connectivity index (χ3n) is 4.20. The van der Waals surface area contributed by atoms with Gasteiger partial charge < -0.3 is 0 Å². The van der Waals surface area contributed by atoms with Crippen molar-refractivity contribution in [1.29, 1.82) is 10.5 Å². The zero-order valence-corrected chi connectivity index (χ0v) is 12.3. The fraction of sp³-hybridized carbons (Fsp3) is 0.200. The molecule has 2 nitrogen and oxygen atoms in total. The topological polar surface area (TPSA) is 47.6 Å². The van der Waals surface area contributed by atoms with Crippen LogP contribution in [0.2, 0.25) is 0 Å². The van der Waals surface area contributed by atoms with Gasteiger partial charge in [-0.15, -0.1) is 0 Å². The first-order valence-electron chi connectivity index (χ1n) is 7.47. The standard InChI is InChI=1S/C20H16N2/c21-13-18(14-22)12-20-11-17-5-3-15(4-6-17)1-2-16-7-9-19(20)10-8-16/h3-10,12,20H,1-2,11H2. The summed E-state index contributed by atoms with van der Waals surface area (Å²) in [5.41, 5.74) is 5.21. The highest BCUT2D eigenvalue weighted by Gasteiger charge is 2.13. The molecule has 0 fully saturated rings. The quantitative estimate of drug-likeness (QED) is 0.741. The second-order valence-corrected chi connectivity index (χ2v) is 5.67. The van der Waals surface area contributed by atoms with Gasteiger partial charge in [0.05, 0.1) is 0 Å². The molecule has 2 aromatic carbocycles. The summed E-state index contributed by atoms with van der Waals surface area (Å²) >= 11 is 0. The maximum atomic E-state index is 9.04. The summed E-state index contributed by atoms with van der Waals surface area (Å²) in [6, 6.07) is 21.2. The second-order valence-electron chi connectivity index (χ2n) is 5.67. The van der Waals surface area contributed by atoms with Crippen LogP contribution in [0.4, 0.5) is 0 Å². The molecule has 0 aliphatic heterocycles. The van der Waals surface area contributed by atoms with Gasteiger partial charge in [0.1, 0.15) is 17.7 Å². The summed E-state index contributed by atoms with van der Waals surface area (Å²) in [5, 5.41) is 18.1. The van der Waals surface area contributed by atoms with Gasteiger partial charge in [-0.25, -0.2) is 0 Å². The minimum atomic E-state index is 0.0497. The number of nitriles is 2. The normalized spacial score (nSPS) is 16.0. The first-order chi connectivity index (χ1) is 10.8. The Balaban J connectivity index is 2.06. The van der Waals surface area contributed by atoms with Crippen LogP contribution in [0, 0.1) is 22.7 Å². The lowest BCUT2D eigenvalue weighted by molar-refractivity contribution is 0.826. The van der Waals surface area contributed by atoms with Crippen LogP contribution in [-0.4, -0.2) is 0 Å². The van der Waals surface area contributed by atoms with E-state index in [1.807, 2.05) is 12.1 Å². The van der Waals surface area contributed by atoms with Crippen molar-refractivity contribution in [3.8, 4) is 12.1 Å². The van der Waals surface area contributed by atoms with Crippen molar-refractivity contribution in [3.05, 3.63) is 82.4 Å². The molecule has 4 aliphatic carbocycles. The van der Waals surface area contributed by atoms with Crippen LogP contribution in [0.15, 0.2) is 60.2 Å². The highest BCUT2D eigenvalue weighted by atomic mass is 14.3. The minimum absolute atomic E-state index is 0.0497. The molecular weight excluding hydrogens is 268 g/mol. The summed E-state index contributed by atoms with van der Waals surface area (Å²) in [6.45, 7) is 0. The number of rotatable bonds is 1. The lowest BCUT2D eigenvalue weighted by atomic mass is 9.88. The van der Waals surface area contributed by atoms with Gasteiger partial charge in [-0.2, -0.15) is 10.5 Å². The van der Waals surface area contributed by atoms with Crippen LogP contribution in [0.3, 0.4) is 0 Å². The smallest absolute Gasteiger partial charge is 0.126 e. The minimum Gasteiger partial charge on any atom is -0.192 e. The van der Waals surface area contributed by atoms with Crippen LogP contribution < -0.4 is 0 Å². The van der Waals surface area contributed by atoms with Crippen LogP contribution in [0.1, 0.15) is 28.2 Å². The molecule has 106 valence electrons.